The van der Waals surface area contributed by atoms with Gasteiger partial charge in [-0.05, 0) is 31.5 Å². The van der Waals surface area contributed by atoms with Gasteiger partial charge in [-0.3, -0.25) is 0 Å². The minimum atomic E-state index is 0.569. The summed E-state index contributed by atoms with van der Waals surface area (Å²) in [5.74, 6) is 0.569. The molecule has 2 aromatic heterocycles. The summed E-state index contributed by atoms with van der Waals surface area (Å²) in [6.07, 6.45) is 3.16. The number of aromatic nitrogens is 4. The molecule has 0 aromatic carbocycles. The van der Waals surface area contributed by atoms with Gasteiger partial charge < -0.3 is 0 Å². The monoisotopic (exact) mass is 186 g/mol. The molecule has 2 rings (SSSR count). The molecule has 2 aromatic rings. The Morgan fingerprint density at radius 2 is 1.93 bits per heavy atom. The first-order valence-corrected chi connectivity index (χ1v) is 4.35. The highest BCUT2D eigenvalue weighted by Gasteiger charge is 2.03. The first kappa shape index (κ1) is 8.74. The van der Waals surface area contributed by atoms with Crippen molar-refractivity contribution in [1.29, 1.82) is 0 Å². The molecule has 70 valence electrons. The van der Waals surface area contributed by atoms with E-state index >= 15 is 0 Å². The van der Waals surface area contributed by atoms with Crippen LogP contribution in [0.2, 0.25) is 0 Å². The molecule has 0 saturated carbocycles. The quantitative estimate of drug-likeness (QED) is 0.678. The van der Waals surface area contributed by atoms with Crippen LogP contribution in [0, 0.1) is 13.8 Å². The second-order valence-corrected chi connectivity index (χ2v) is 3.14. The van der Waals surface area contributed by atoms with Crippen molar-refractivity contribution >= 4 is 0 Å². The van der Waals surface area contributed by atoms with Crippen molar-refractivity contribution in [3.8, 4) is 11.5 Å². The van der Waals surface area contributed by atoms with Crippen LogP contribution in [0.3, 0.4) is 0 Å². The molecule has 4 heteroatoms. The largest absolute Gasteiger partial charge is 0.250 e. The standard InChI is InChI=1S/C10H10N4/c1-7-5-8(2)13-9(6-7)10-11-3-4-12-14-10/h3-6H,1-2H3. The molecule has 0 radical (unpaired) electrons. The smallest absolute Gasteiger partial charge is 0.200 e. The third-order valence-corrected chi connectivity index (χ3v) is 1.81. The topological polar surface area (TPSA) is 51.6 Å². The predicted octanol–water partition coefficient (Wildman–Crippen LogP) is 1.55. The van der Waals surface area contributed by atoms with Crippen LogP contribution in [0.4, 0.5) is 0 Å². The molecule has 0 amide bonds. The van der Waals surface area contributed by atoms with Crippen LogP contribution in [0.1, 0.15) is 11.3 Å². The van der Waals surface area contributed by atoms with Gasteiger partial charge in [0.2, 0.25) is 0 Å². The molecule has 0 aliphatic carbocycles. The van der Waals surface area contributed by atoms with E-state index in [1.165, 1.54) is 0 Å². The molecule has 4 nitrogen and oxygen atoms in total. The fourth-order valence-electron chi connectivity index (χ4n) is 1.32. The average molecular weight is 186 g/mol. The Kier molecular flexibility index (Phi) is 2.18. The Morgan fingerprint density at radius 3 is 2.57 bits per heavy atom. The third kappa shape index (κ3) is 1.74. The molecule has 0 fully saturated rings. The highest BCUT2D eigenvalue weighted by molar-refractivity contribution is 5.49. The van der Waals surface area contributed by atoms with E-state index in [1.807, 2.05) is 26.0 Å². The normalized spacial score (nSPS) is 10.1. The zero-order valence-corrected chi connectivity index (χ0v) is 8.10. The summed E-state index contributed by atoms with van der Waals surface area (Å²) in [6.45, 7) is 3.97. The highest BCUT2D eigenvalue weighted by Crippen LogP contribution is 2.12. The van der Waals surface area contributed by atoms with E-state index in [-0.39, 0.29) is 0 Å². The van der Waals surface area contributed by atoms with E-state index < -0.39 is 0 Å². The van der Waals surface area contributed by atoms with Gasteiger partial charge in [-0.15, -0.1) is 5.10 Å². The second kappa shape index (κ2) is 3.49. The summed E-state index contributed by atoms with van der Waals surface area (Å²) in [5, 5.41) is 7.68. The zero-order chi connectivity index (χ0) is 9.97. The van der Waals surface area contributed by atoms with Crippen molar-refractivity contribution < 1.29 is 0 Å². The van der Waals surface area contributed by atoms with Crippen LogP contribution in [-0.2, 0) is 0 Å². The lowest BCUT2D eigenvalue weighted by molar-refractivity contribution is 0.965. The van der Waals surface area contributed by atoms with Gasteiger partial charge in [0, 0.05) is 11.9 Å². The Balaban J connectivity index is 2.52. The van der Waals surface area contributed by atoms with Crippen molar-refractivity contribution in [2.45, 2.75) is 13.8 Å². The van der Waals surface area contributed by atoms with E-state index in [0.29, 0.717) is 5.82 Å². The molecule has 0 saturated heterocycles. The first-order valence-electron chi connectivity index (χ1n) is 4.35. The Labute approximate surface area is 82.1 Å². The van der Waals surface area contributed by atoms with Crippen molar-refractivity contribution in [1.82, 2.24) is 20.2 Å². The number of nitrogens with zero attached hydrogens (tertiary/aromatic N) is 4. The minimum absolute atomic E-state index is 0.569. The molecule has 0 aliphatic heterocycles. The fourth-order valence-corrected chi connectivity index (χ4v) is 1.32. The van der Waals surface area contributed by atoms with Crippen LogP contribution in [-0.4, -0.2) is 20.2 Å². The van der Waals surface area contributed by atoms with Gasteiger partial charge in [0.25, 0.3) is 0 Å². The average Bonchev–Trinajstić information content (AvgIpc) is 2.18. The van der Waals surface area contributed by atoms with Crippen LogP contribution in [0.25, 0.3) is 11.5 Å². The first-order chi connectivity index (χ1) is 6.75. The fraction of sp³-hybridized carbons (Fsp3) is 0.200. The molecule has 0 bridgehead atoms. The highest BCUT2D eigenvalue weighted by atomic mass is 15.1. The van der Waals surface area contributed by atoms with Crippen LogP contribution in [0.15, 0.2) is 24.5 Å². The number of aryl methyl sites for hydroxylation is 2. The molecular formula is C10H10N4. The molecule has 0 N–H and O–H groups in total. The summed E-state index contributed by atoms with van der Waals surface area (Å²) >= 11 is 0. The second-order valence-electron chi connectivity index (χ2n) is 3.14. The number of rotatable bonds is 1. The summed E-state index contributed by atoms with van der Waals surface area (Å²) in [5.41, 5.74) is 2.89. The molecule has 2 heterocycles. The maximum absolute atomic E-state index is 4.34. The lowest BCUT2D eigenvalue weighted by Crippen LogP contribution is -1.95. The van der Waals surface area contributed by atoms with E-state index in [1.54, 1.807) is 12.4 Å². The van der Waals surface area contributed by atoms with E-state index in [0.717, 1.165) is 17.0 Å². The summed E-state index contributed by atoms with van der Waals surface area (Å²) < 4.78 is 0. The van der Waals surface area contributed by atoms with Crippen LogP contribution in [0.5, 0.6) is 0 Å². The van der Waals surface area contributed by atoms with Crippen LogP contribution >= 0.6 is 0 Å². The maximum atomic E-state index is 4.34. The molecule has 0 atom stereocenters. The van der Waals surface area contributed by atoms with Crippen molar-refractivity contribution in [3.63, 3.8) is 0 Å². The van der Waals surface area contributed by atoms with Gasteiger partial charge in [0.1, 0.15) is 5.69 Å². The van der Waals surface area contributed by atoms with Gasteiger partial charge >= 0.3 is 0 Å². The third-order valence-electron chi connectivity index (χ3n) is 1.81. The van der Waals surface area contributed by atoms with E-state index in [2.05, 4.69) is 20.2 Å². The Bertz CT molecular complexity index is 419. The lowest BCUT2D eigenvalue weighted by Gasteiger charge is -2.00. The van der Waals surface area contributed by atoms with E-state index in [9.17, 15) is 0 Å². The van der Waals surface area contributed by atoms with Gasteiger partial charge in [-0.25, -0.2) is 9.97 Å². The van der Waals surface area contributed by atoms with Crippen molar-refractivity contribution in [2.24, 2.45) is 0 Å². The predicted molar refractivity (Wildman–Crippen MR) is 52.5 cm³/mol. The molecular weight excluding hydrogens is 176 g/mol. The molecule has 0 aliphatic rings. The maximum Gasteiger partial charge on any atom is 0.200 e. The zero-order valence-electron chi connectivity index (χ0n) is 8.10. The van der Waals surface area contributed by atoms with Crippen molar-refractivity contribution in [3.05, 3.63) is 35.8 Å². The number of hydrogen-bond acceptors (Lipinski definition) is 4. The van der Waals surface area contributed by atoms with Crippen molar-refractivity contribution in [2.75, 3.05) is 0 Å². The number of pyridine rings is 1. The SMILES string of the molecule is Cc1cc(C)nc(-c2nccnn2)c1. The molecule has 0 spiro atoms. The Morgan fingerprint density at radius 1 is 1.07 bits per heavy atom. The summed E-state index contributed by atoms with van der Waals surface area (Å²) in [4.78, 5) is 8.43. The Hall–Kier alpha value is -1.84. The molecule has 0 unspecified atom stereocenters. The van der Waals surface area contributed by atoms with Crippen LogP contribution < -0.4 is 0 Å². The van der Waals surface area contributed by atoms with E-state index in [4.69, 9.17) is 0 Å². The minimum Gasteiger partial charge on any atom is -0.250 e. The summed E-state index contributed by atoms with van der Waals surface area (Å²) in [6, 6.07) is 3.96. The van der Waals surface area contributed by atoms with Gasteiger partial charge in [0.05, 0.1) is 6.20 Å². The summed E-state index contributed by atoms with van der Waals surface area (Å²) in [7, 11) is 0. The molecule has 14 heavy (non-hydrogen) atoms. The van der Waals surface area contributed by atoms with Gasteiger partial charge in [-0.2, -0.15) is 5.10 Å². The van der Waals surface area contributed by atoms with Gasteiger partial charge in [0.15, 0.2) is 5.82 Å². The lowest BCUT2D eigenvalue weighted by atomic mass is 10.2. The van der Waals surface area contributed by atoms with Gasteiger partial charge in [-0.1, -0.05) is 0 Å². The number of hydrogen-bond donors (Lipinski definition) is 0.